The second kappa shape index (κ2) is 11.5. The molecule has 1 aliphatic heterocycles. The molecule has 2 N–H and O–H groups in total. The highest BCUT2D eigenvalue weighted by Gasteiger charge is 2.38. The lowest BCUT2D eigenvalue weighted by Crippen LogP contribution is -2.59. The van der Waals surface area contributed by atoms with Gasteiger partial charge in [-0.15, -0.1) is 0 Å². The van der Waals surface area contributed by atoms with Gasteiger partial charge < -0.3 is 20.3 Å². The highest BCUT2D eigenvalue weighted by Crippen LogP contribution is 2.24. The number of likely N-dealkylation sites (N-methyl/N-ethyl adjacent to an activating group) is 1. The van der Waals surface area contributed by atoms with E-state index < -0.39 is 11.5 Å². The molecule has 3 atom stereocenters. The van der Waals surface area contributed by atoms with Gasteiger partial charge in [-0.05, 0) is 44.6 Å². The molecule has 0 unspecified atom stereocenters. The van der Waals surface area contributed by atoms with Crippen LogP contribution >= 0.6 is 0 Å². The van der Waals surface area contributed by atoms with E-state index in [-0.39, 0.29) is 35.8 Å². The first-order valence-electron chi connectivity index (χ1n) is 11.1. The minimum absolute atomic E-state index is 0.0830. The molecule has 0 aliphatic carbocycles. The van der Waals surface area contributed by atoms with Gasteiger partial charge in [-0.25, -0.2) is 4.79 Å². The van der Waals surface area contributed by atoms with E-state index in [2.05, 4.69) is 10.6 Å². The summed E-state index contributed by atoms with van der Waals surface area (Å²) in [5, 5.41) is 6.23. The molecule has 7 heteroatoms. The molecular formula is C23H41N3O4. The summed E-state index contributed by atoms with van der Waals surface area (Å²) in [4.78, 5) is 40.0. The summed E-state index contributed by atoms with van der Waals surface area (Å²) in [5.41, 5.74) is 0.00911. The first-order chi connectivity index (χ1) is 13.9. The number of amides is 2. The topological polar surface area (TPSA) is 87.7 Å². The Morgan fingerprint density at radius 1 is 1.23 bits per heavy atom. The second-order valence-electron chi connectivity index (χ2n) is 9.56. The van der Waals surface area contributed by atoms with E-state index in [0.29, 0.717) is 12.2 Å². The third-order valence-corrected chi connectivity index (χ3v) is 5.52. The number of hydrogen-bond acceptors (Lipinski definition) is 5. The van der Waals surface area contributed by atoms with Crippen LogP contribution in [-0.2, 0) is 19.1 Å². The van der Waals surface area contributed by atoms with Crippen LogP contribution in [0.3, 0.4) is 0 Å². The van der Waals surface area contributed by atoms with Crippen LogP contribution in [0.4, 0.5) is 0 Å². The van der Waals surface area contributed by atoms with Crippen molar-refractivity contribution in [2.24, 2.45) is 11.3 Å². The molecule has 1 heterocycles. The molecule has 1 fully saturated rings. The number of nitrogens with zero attached hydrogens (tertiary/aromatic N) is 1. The second-order valence-corrected chi connectivity index (χ2v) is 9.56. The van der Waals surface area contributed by atoms with Crippen LogP contribution in [0, 0.1) is 11.3 Å². The predicted octanol–water partition coefficient (Wildman–Crippen LogP) is 2.65. The van der Waals surface area contributed by atoms with Crippen LogP contribution in [0.25, 0.3) is 0 Å². The average Bonchev–Trinajstić information content (AvgIpc) is 2.68. The zero-order valence-corrected chi connectivity index (χ0v) is 20.0. The van der Waals surface area contributed by atoms with Crippen molar-refractivity contribution in [1.82, 2.24) is 15.5 Å². The summed E-state index contributed by atoms with van der Waals surface area (Å²) in [7, 11) is 1.73. The van der Waals surface area contributed by atoms with Crippen molar-refractivity contribution in [2.45, 2.75) is 85.9 Å². The van der Waals surface area contributed by atoms with Crippen molar-refractivity contribution < 1.29 is 19.1 Å². The summed E-state index contributed by atoms with van der Waals surface area (Å²) in [6, 6.07) is -1.22. The number of esters is 1. The molecule has 30 heavy (non-hydrogen) atoms. The molecule has 0 spiro atoms. The van der Waals surface area contributed by atoms with Crippen molar-refractivity contribution in [3.05, 3.63) is 11.6 Å². The number of rotatable bonds is 8. The van der Waals surface area contributed by atoms with E-state index >= 15 is 0 Å². The maximum Gasteiger partial charge on any atom is 0.333 e. The quantitative estimate of drug-likeness (QED) is 0.463. The molecule has 0 aromatic rings. The third kappa shape index (κ3) is 7.42. The van der Waals surface area contributed by atoms with Gasteiger partial charge in [0.1, 0.15) is 6.04 Å². The van der Waals surface area contributed by atoms with Crippen LogP contribution in [0.5, 0.6) is 0 Å². The smallest absolute Gasteiger partial charge is 0.333 e. The summed E-state index contributed by atoms with van der Waals surface area (Å²) in [6.45, 7) is 14.4. The van der Waals surface area contributed by atoms with Gasteiger partial charge in [0.25, 0.3) is 0 Å². The molecule has 0 saturated carbocycles. The van der Waals surface area contributed by atoms with Gasteiger partial charge in [0.15, 0.2) is 0 Å². The first-order valence-corrected chi connectivity index (χ1v) is 11.1. The Bertz CT molecular complexity index is 631. The standard InChI is InChI=1S/C23H41N3O4/c1-9-30-22(29)16(4)14-18(15(2)3)26(8)21(28)19(23(5,6)7)25-20(27)17-12-10-11-13-24-17/h14-15,17-19,24H,9-13H2,1-8H3,(H,25,27)/b16-14+/t17-,18-,19-/m1/s1. The van der Waals surface area contributed by atoms with E-state index in [1.54, 1.807) is 31.9 Å². The normalized spacial score (nSPS) is 19.8. The highest BCUT2D eigenvalue weighted by molar-refractivity contribution is 5.91. The number of carbonyl (C=O) groups excluding carboxylic acids is 3. The first kappa shape index (κ1) is 26.1. The molecule has 0 aromatic carbocycles. The Labute approximate surface area is 182 Å². The fourth-order valence-corrected chi connectivity index (χ4v) is 3.64. The fourth-order valence-electron chi connectivity index (χ4n) is 3.64. The predicted molar refractivity (Wildman–Crippen MR) is 119 cm³/mol. The maximum absolute atomic E-state index is 13.5. The van der Waals surface area contributed by atoms with Gasteiger partial charge in [-0.1, -0.05) is 47.1 Å². The number of carbonyl (C=O) groups is 3. The van der Waals surface area contributed by atoms with Crippen LogP contribution < -0.4 is 10.6 Å². The van der Waals surface area contributed by atoms with Gasteiger partial charge in [-0.2, -0.15) is 0 Å². The highest BCUT2D eigenvalue weighted by atomic mass is 16.5. The largest absolute Gasteiger partial charge is 0.463 e. The van der Waals surface area contributed by atoms with Gasteiger partial charge in [-0.3, -0.25) is 9.59 Å². The lowest BCUT2D eigenvalue weighted by Gasteiger charge is -2.38. The minimum Gasteiger partial charge on any atom is -0.463 e. The molecule has 7 nitrogen and oxygen atoms in total. The Hall–Kier alpha value is -1.89. The van der Waals surface area contributed by atoms with Crippen molar-refractivity contribution in [3.8, 4) is 0 Å². The molecule has 0 aromatic heterocycles. The number of hydrogen-bond donors (Lipinski definition) is 2. The molecule has 1 saturated heterocycles. The molecule has 2 amide bonds. The summed E-state index contributed by atoms with van der Waals surface area (Å²) in [6.07, 6.45) is 4.64. The summed E-state index contributed by atoms with van der Waals surface area (Å²) < 4.78 is 5.07. The van der Waals surface area contributed by atoms with Crippen molar-refractivity contribution in [1.29, 1.82) is 0 Å². The fraction of sp³-hybridized carbons (Fsp3) is 0.783. The molecule has 1 aliphatic rings. The van der Waals surface area contributed by atoms with Crippen LogP contribution in [-0.4, -0.2) is 61.0 Å². The van der Waals surface area contributed by atoms with Crippen molar-refractivity contribution in [2.75, 3.05) is 20.2 Å². The Morgan fingerprint density at radius 3 is 2.33 bits per heavy atom. The van der Waals surface area contributed by atoms with Gasteiger partial charge in [0.2, 0.25) is 11.8 Å². The summed E-state index contributed by atoms with van der Waals surface area (Å²) in [5.74, 6) is -0.596. The number of nitrogens with one attached hydrogen (secondary N) is 2. The molecule has 0 radical (unpaired) electrons. The monoisotopic (exact) mass is 423 g/mol. The summed E-state index contributed by atoms with van der Waals surface area (Å²) >= 11 is 0. The molecule has 0 bridgehead atoms. The SMILES string of the molecule is CCOC(=O)/C(C)=C/[C@H](C(C)C)N(C)C(=O)[C@@H](NC(=O)[C@H]1CCCCN1)C(C)(C)C. The lowest BCUT2D eigenvalue weighted by atomic mass is 9.84. The van der Waals surface area contributed by atoms with E-state index in [1.165, 1.54) is 0 Å². The van der Waals surface area contributed by atoms with E-state index in [0.717, 1.165) is 25.8 Å². The van der Waals surface area contributed by atoms with E-state index in [1.807, 2.05) is 34.6 Å². The lowest BCUT2D eigenvalue weighted by molar-refractivity contribution is -0.141. The Kier molecular flexibility index (Phi) is 10.0. The zero-order chi connectivity index (χ0) is 23.1. The number of ether oxygens (including phenoxy) is 1. The van der Waals surface area contributed by atoms with E-state index in [4.69, 9.17) is 4.74 Å². The molecular weight excluding hydrogens is 382 g/mol. The van der Waals surface area contributed by atoms with Gasteiger partial charge in [0.05, 0.1) is 18.7 Å². The zero-order valence-electron chi connectivity index (χ0n) is 20.0. The maximum atomic E-state index is 13.5. The number of piperidine rings is 1. The van der Waals surface area contributed by atoms with Crippen molar-refractivity contribution in [3.63, 3.8) is 0 Å². The van der Waals surface area contributed by atoms with Crippen LogP contribution in [0.1, 0.15) is 67.7 Å². The third-order valence-electron chi connectivity index (χ3n) is 5.52. The van der Waals surface area contributed by atoms with Gasteiger partial charge in [0, 0.05) is 12.6 Å². The van der Waals surface area contributed by atoms with Crippen molar-refractivity contribution >= 4 is 17.8 Å². The van der Waals surface area contributed by atoms with Crippen LogP contribution in [0.15, 0.2) is 11.6 Å². The molecule has 1 rings (SSSR count). The average molecular weight is 424 g/mol. The van der Waals surface area contributed by atoms with E-state index in [9.17, 15) is 14.4 Å². The van der Waals surface area contributed by atoms with Crippen LogP contribution in [0.2, 0.25) is 0 Å². The Balaban J connectivity index is 3.06. The molecule has 172 valence electrons. The van der Waals surface area contributed by atoms with Gasteiger partial charge >= 0.3 is 5.97 Å². The Morgan fingerprint density at radius 2 is 1.87 bits per heavy atom. The minimum atomic E-state index is -0.670.